The second-order valence-electron chi connectivity index (χ2n) is 3.66. The molecule has 0 heterocycles. The van der Waals surface area contributed by atoms with Crippen molar-refractivity contribution in [2.75, 3.05) is 0 Å². The fourth-order valence-electron chi connectivity index (χ4n) is 0.932. The molecule has 0 aromatic rings. The molecule has 1 N–H and O–H groups in total. The molecule has 4 heteroatoms. The van der Waals surface area contributed by atoms with Gasteiger partial charge in [0.05, 0.1) is 0 Å². The van der Waals surface area contributed by atoms with Gasteiger partial charge in [0.2, 0.25) is 0 Å². The van der Waals surface area contributed by atoms with Crippen LogP contribution in [0.2, 0.25) is 0 Å². The average Bonchev–Trinajstić information content (AvgIpc) is 2.10. The molecule has 14 heavy (non-hydrogen) atoms. The number of esters is 1. The summed E-state index contributed by atoms with van der Waals surface area (Å²) in [6, 6.07) is 0. The highest BCUT2D eigenvalue weighted by molar-refractivity contribution is 5.77. The third-order valence-electron chi connectivity index (χ3n) is 1.85. The van der Waals surface area contributed by atoms with Crippen LogP contribution in [0.15, 0.2) is 0 Å². The highest BCUT2D eigenvalue weighted by Crippen LogP contribution is 2.07. The molecule has 0 amide bonds. The summed E-state index contributed by atoms with van der Waals surface area (Å²) in [6.45, 7) is 5.68. The Kier molecular flexibility index (Phi) is 5.92. The number of hydrogen-bond acceptors (Lipinski definition) is 3. The summed E-state index contributed by atoms with van der Waals surface area (Å²) in [7, 11) is 0. The predicted octanol–water partition coefficient (Wildman–Crippen LogP) is 1.83. The molecule has 0 aliphatic rings. The topological polar surface area (TPSA) is 63.6 Å². The van der Waals surface area contributed by atoms with Crippen LogP contribution in [-0.2, 0) is 14.3 Å². The second-order valence-corrected chi connectivity index (χ2v) is 3.66. The molecule has 1 atom stereocenters. The van der Waals surface area contributed by atoms with E-state index in [0.717, 1.165) is 6.42 Å². The number of carboxylic acids is 1. The Morgan fingerprint density at radius 2 is 1.93 bits per heavy atom. The Balaban J connectivity index is 3.85. The molecule has 0 saturated heterocycles. The van der Waals surface area contributed by atoms with Crippen molar-refractivity contribution >= 4 is 11.9 Å². The molecule has 0 aliphatic carbocycles. The van der Waals surface area contributed by atoms with Gasteiger partial charge >= 0.3 is 11.9 Å². The lowest BCUT2D eigenvalue weighted by Gasteiger charge is -2.11. The highest BCUT2D eigenvalue weighted by atomic mass is 16.6. The van der Waals surface area contributed by atoms with E-state index in [-0.39, 0.29) is 0 Å². The quantitative estimate of drug-likeness (QED) is 0.667. The third-order valence-corrected chi connectivity index (χ3v) is 1.85. The Labute approximate surface area is 84.3 Å². The van der Waals surface area contributed by atoms with Crippen molar-refractivity contribution in [1.29, 1.82) is 0 Å². The van der Waals surface area contributed by atoms with Crippen molar-refractivity contribution in [1.82, 2.24) is 0 Å². The largest absolute Gasteiger partial charge is 0.479 e. The number of carbonyl (C=O) groups is 2. The smallest absolute Gasteiger partial charge is 0.345 e. The van der Waals surface area contributed by atoms with E-state index in [1.165, 1.54) is 0 Å². The zero-order valence-electron chi connectivity index (χ0n) is 8.95. The summed E-state index contributed by atoms with van der Waals surface area (Å²) in [5.74, 6) is -1.08. The van der Waals surface area contributed by atoms with E-state index < -0.39 is 18.0 Å². The molecule has 1 unspecified atom stereocenters. The number of ether oxygens (including phenoxy) is 1. The highest BCUT2D eigenvalue weighted by Gasteiger charge is 2.19. The molecule has 0 aliphatic heterocycles. The van der Waals surface area contributed by atoms with Gasteiger partial charge < -0.3 is 9.84 Å². The molecule has 82 valence electrons. The number of carboxylic acid groups (broad SMARTS) is 1. The van der Waals surface area contributed by atoms with Gasteiger partial charge in [-0.15, -0.1) is 0 Å². The van der Waals surface area contributed by atoms with E-state index in [1.807, 2.05) is 13.8 Å². The van der Waals surface area contributed by atoms with Gasteiger partial charge in [0.15, 0.2) is 6.10 Å². The Hall–Kier alpha value is -1.06. The number of hydrogen-bond donors (Lipinski definition) is 1. The first-order chi connectivity index (χ1) is 6.47. The number of aliphatic carboxylic acids is 1. The monoisotopic (exact) mass is 202 g/mol. The van der Waals surface area contributed by atoms with Gasteiger partial charge in [-0.3, -0.25) is 4.79 Å². The molecule has 4 nitrogen and oxygen atoms in total. The first-order valence-electron chi connectivity index (χ1n) is 4.89. The van der Waals surface area contributed by atoms with Gasteiger partial charge in [0, 0.05) is 6.42 Å². The van der Waals surface area contributed by atoms with Crippen LogP contribution in [0.4, 0.5) is 0 Å². The van der Waals surface area contributed by atoms with E-state index in [0.29, 0.717) is 18.8 Å². The molecule has 0 radical (unpaired) electrons. The van der Waals surface area contributed by atoms with Crippen LogP contribution in [0.5, 0.6) is 0 Å². The lowest BCUT2D eigenvalue weighted by atomic mass is 10.1. The zero-order valence-corrected chi connectivity index (χ0v) is 8.95. The number of carbonyl (C=O) groups excluding carboxylic acids is 1. The van der Waals surface area contributed by atoms with Gasteiger partial charge in [-0.2, -0.15) is 0 Å². The van der Waals surface area contributed by atoms with Crippen LogP contribution in [0.25, 0.3) is 0 Å². The molecular weight excluding hydrogens is 184 g/mol. The van der Waals surface area contributed by atoms with Gasteiger partial charge in [-0.1, -0.05) is 20.8 Å². The standard InChI is InChI=1S/C10H18O4/c1-4-8(10(12)13)14-9(11)6-5-7(2)3/h7-8H,4-6H2,1-3H3,(H,12,13). The molecule has 0 bridgehead atoms. The van der Waals surface area contributed by atoms with Crippen LogP contribution >= 0.6 is 0 Å². The van der Waals surface area contributed by atoms with Crippen LogP contribution in [0.1, 0.15) is 40.0 Å². The Morgan fingerprint density at radius 3 is 2.29 bits per heavy atom. The molecule has 0 fully saturated rings. The van der Waals surface area contributed by atoms with Crippen LogP contribution in [-0.4, -0.2) is 23.1 Å². The minimum absolute atomic E-state index is 0.293. The summed E-state index contributed by atoms with van der Waals surface area (Å²) < 4.78 is 4.77. The van der Waals surface area contributed by atoms with Crippen molar-refractivity contribution in [2.45, 2.75) is 46.1 Å². The molecule has 0 rings (SSSR count). The van der Waals surface area contributed by atoms with Gasteiger partial charge in [-0.05, 0) is 18.8 Å². The Morgan fingerprint density at radius 1 is 1.36 bits per heavy atom. The van der Waals surface area contributed by atoms with E-state index >= 15 is 0 Å². The third kappa shape index (κ3) is 5.56. The van der Waals surface area contributed by atoms with Crippen LogP contribution in [0, 0.1) is 5.92 Å². The summed E-state index contributed by atoms with van der Waals surface area (Å²) in [4.78, 5) is 21.7. The van der Waals surface area contributed by atoms with Gasteiger partial charge in [0.25, 0.3) is 0 Å². The average molecular weight is 202 g/mol. The molecule has 0 saturated carbocycles. The summed E-state index contributed by atoms with van der Waals surface area (Å²) >= 11 is 0. The van der Waals surface area contributed by atoms with Crippen molar-refractivity contribution in [3.8, 4) is 0 Å². The van der Waals surface area contributed by atoms with Crippen molar-refractivity contribution in [3.05, 3.63) is 0 Å². The second kappa shape index (κ2) is 6.40. The maximum absolute atomic E-state index is 11.1. The van der Waals surface area contributed by atoms with E-state index in [2.05, 4.69) is 0 Å². The van der Waals surface area contributed by atoms with Crippen LogP contribution in [0.3, 0.4) is 0 Å². The molecule has 0 aromatic heterocycles. The summed E-state index contributed by atoms with van der Waals surface area (Å²) in [5.41, 5.74) is 0. The summed E-state index contributed by atoms with van der Waals surface area (Å²) in [5, 5.41) is 8.62. The fourth-order valence-corrected chi connectivity index (χ4v) is 0.932. The maximum Gasteiger partial charge on any atom is 0.345 e. The van der Waals surface area contributed by atoms with Crippen molar-refractivity contribution in [2.24, 2.45) is 5.92 Å². The van der Waals surface area contributed by atoms with Crippen LogP contribution < -0.4 is 0 Å². The molecule has 0 aromatic carbocycles. The molecule has 0 spiro atoms. The minimum atomic E-state index is -1.08. The number of rotatable bonds is 6. The van der Waals surface area contributed by atoms with Crippen molar-refractivity contribution < 1.29 is 19.4 Å². The van der Waals surface area contributed by atoms with E-state index in [1.54, 1.807) is 6.92 Å². The SMILES string of the molecule is CCC(OC(=O)CCC(C)C)C(=O)O. The molecular formula is C10H18O4. The van der Waals surface area contributed by atoms with E-state index in [4.69, 9.17) is 9.84 Å². The zero-order chi connectivity index (χ0) is 11.1. The van der Waals surface area contributed by atoms with Crippen molar-refractivity contribution in [3.63, 3.8) is 0 Å². The van der Waals surface area contributed by atoms with Gasteiger partial charge in [-0.25, -0.2) is 4.79 Å². The maximum atomic E-state index is 11.1. The lowest BCUT2D eigenvalue weighted by Crippen LogP contribution is -2.26. The first kappa shape index (κ1) is 12.9. The first-order valence-corrected chi connectivity index (χ1v) is 4.89. The lowest BCUT2D eigenvalue weighted by molar-refractivity contribution is -0.164. The van der Waals surface area contributed by atoms with Gasteiger partial charge in [0.1, 0.15) is 0 Å². The minimum Gasteiger partial charge on any atom is -0.479 e. The predicted molar refractivity (Wildman–Crippen MR) is 51.9 cm³/mol. The normalized spacial score (nSPS) is 12.6. The van der Waals surface area contributed by atoms with E-state index in [9.17, 15) is 9.59 Å². The summed E-state index contributed by atoms with van der Waals surface area (Å²) in [6.07, 6.45) is 0.341. The Bertz CT molecular complexity index is 198. The fraction of sp³-hybridized carbons (Fsp3) is 0.800.